The number of hydrogen-bond donors (Lipinski definition) is 0. The van der Waals surface area contributed by atoms with Gasteiger partial charge in [-0.2, -0.15) is 0 Å². The second-order valence-electron chi connectivity index (χ2n) is 11.5. The summed E-state index contributed by atoms with van der Waals surface area (Å²) in [5.74, 6) is 8.72. The molecule has 5 aromatic carbocycles. The first-order chi connectivity index (χ1) is 31.0. The van der Waals surface area contributed by atoms with Crippen LogP contribution in [0.1, 0.15) is 0 Å². The van der Waals surface area contributed by atoms with Gasteiger partial charge in [-0.3, -0.25) is 0 Å². The van der Waals surface area contributed by atoms with Crippen LogP contribution in [0.3, 0.4) is 0 Å². The fourth-order valence-corrected chi connectivity index (χ4v) is 9.60. The van der Waals surface area contributed by atoms with Crippen LogP contribution in [0.2, 0.25) is 0 Å². The van der Waals surface area contributed by atoms with Crippen molar-refractivity contribution in [1.29, 1.82) is 0 Å². The van der Waals surface area contributed by atoms with E-state index in [2.05, 4.69) is 0 Å². The molecule has 0 aliphatic carbocycles. The summed E-state index contributed by atoms with van der Waals surface area (Å²) in [4.78, 5) is 0. The van der Waals surface area contributed by atoms with Crippen LogP contribution in [-0.4, -0.2) is 85.3 Å². The Morgan fingerprint density at radius 3 is 0.859 bits per heavy atom. The number of ether oxygens (including phenoxy) is 12. The Bertz CT molecular complexity index is 1920. The van der Waals surface area contributed by atoms with E-state index in [0.717, 1.165) is 61.0 Å². The van der Waals surface area contributed by atoms with Crippen LogP contribution in [-0.2, 0) is 0 Å². The second kappa shape index (κ2) is 34.6. The molecule has 5 aromatic rings. The molecule has 0 amide bonds. The molecule has 0 radical (unpaired) electrons. The molecule has 0 saturated heterocycles. The van der Waals surface area contributed by atoms with E-state index in [1.54, 1.807) is 97.5 Å². The third-order valence-electron chi connectivity index (χ3n) is 8.10. The Kier molecular flexibility index (Phi) is 32.1. The third-order valence-corrected chi connectivity index (χ3v) is 14.1. The number of hydrogen-bond acceptors (Lipinski definition) is 12. The summed E-state index contributed by atoms with van der Waals surface area (Å²) in [6.07, 6.45) is 0. The Morgan fingerprint density at radius 1 is 0.266 bits per heavy atom. The minimum absolute atomic E-state index is 0.122. The van der Waals surface area contributed by atoms with Crippen molar-refractivity contribution in [1.82, 2.24) is 0 Å². The lowest BCUT2D eigenvalue weighted by Gasteiger charge is -2.12. The van der Waals surface area contributed by atoms with Gasteiger partial charge in [0.05, 0.1) is 85.3 Å². The molecule has 12 nitrogen and oxygen atoms in total. The van der Waals surface area contributed by atoms with Gasteiger partial charge in [-0.25, -0.2) is 0 Å². The maximum Gasteiger partial charge on any atom is 0.169 e. The molecule has 64 heavy (non-hydrogen) atoms. The van der Waals surface area contributed by atoms with Gasteiger partial charge in [0.15, 0.2) is 34.5 Å². The molecule has 0 saturated carbocycles. The van der Waals surface area contributed by atoms with Gasteiger partial charge in [0.25, 0.3) is 0 Å². The van der Waals surface area contributed by atoms with Gasteiger partial charge in [0, 0.05) is 78.3 Å². The van der Waals surface area contributed by atoms with E-state index in [4.69, 9.17) is 113 Å². The van der Waals surface area contributed by atoms with Crippen LogP contribution in [0, 0.1) is 0 Å². The molecule has 0 fully saturated rings. The Hall–Kier alpha value is -2.70. The first-order valence-electron chi connectivity index (χ1n) is 18.1. The molecule has 0 N–H and O–H groups in total. The van der Waals surface area contributed by atoms with Gasteiger partial charge in [-0.15, -0.1) is 0 Å². The highest BCUT2D eigenvalue weighted by atomic mass is 35.7. The zero-order chi connectivity index (χ0) is 48.0. The van der Waals surface area contributed by atoms with E-state index < -0.39 is 0 Å². The summed E-state index contributed by atoms with van der Waals surface area (Å²) in [6, 6.07) is 24.0. The minimum atomic E-state index is 0.122. The standard InChI is InChI=1S/2C9H12ClO3P.3C8H10ClO2P/c2*1-11-6-4-7(12-2)9(13-3)8(5-6)14-10;2*1-10-6-3-4-7(11-2)8(5-6)12-9;1-10-6-4-3-5-7(12-9)8(6)11-2/h2*4-5,14H,1-3H3;3*3-5,12H,1-2H3. The summed E-state index contributed by atoms with van der Waals surface area (Å²) >= 11 is 28.8. The Balaban J connectivity index is 0.000000401. The predicted octanol–water partition coefficient (Wildman–Crippen LogP) is 10.8. The van der Waals surface area contributed by atoms with Gasteiger partial charge < -0.3 is 56.8 Å². The molecule has 0 aliphatic heterocycles. The highest BCUT2D eigenvalue weighted by Gasteiger charge is 2.13. The second-order valence-corrected chi connectivity index (χ2v) is 17.9. The summed E-state index contributed by atoms with van der Waals surface area (Å²) in [6.45, 7) is 0. The van der Waals surface area contributed by atoms with Gasteiger partial charge >= 0.3 is 0 Å². The van der Waals surface area contributed by atoms with Crippen molar-refractivity contribution in [3.63, 3.8) is 0 Å². The van der Waals surface area contributed by atoms with Crippen molar-refractivity contribution in [2.75, 3.05) is 85.3 Å². The number of para-hydroxylation sites is 1. The molecular weight excluding hydrogens is 1030 g/mol. The first kappa shape index (κ1) is 59.3. The van der Waals surface area contributed by atoms with E-state index >= 15 is 0 Å². The zero-order valence-corrected chi connectivity index (χ0v) is 46.1. The molecule has 5 unspecified atom stereocenters. The molecule has 0 heterocycles. The van der Waals surface area contributed by atoms with E-state index in [-0.39, 0.29) is 39.7 Å². The molecule has 5 atom stereocenters. The predicted molar refractivity (Wildman–Crippen MR) is 280 cm³/mol. The maximum absolute atomic E-state index is 5.81. The van der Waals surface area contributed by atoms with Crippen molar-refractivity contribution >= 4 is 122 Å². The van der Waals surface area contributed by atoms with Crippen LogP contribution < -0.4 is 83.4 Å². The fourth-order valence-electron chi connectivity index (χ4n) is 4.99. The molecule has 5 rings (SSSR count). The van der Waals surface area contributed by atoms with Gasteiger partial charge in [0.1, 0.15) is 34.5 Å². The summed E-state index contributed by atoms with van der Waals surface area (Å²) in [5, 5.41) is 4.67. The van der Waals surface area contributed by atoms with Crippen molar-refractivity contribution < 1.29 is 56.8 Å². The molecule has 0 aromatic heterocycles. The average Bonchev–Trinajstić information content (AvgIpc) is 3.37. The maximum atomic E-state index is 5.81. The van der Waals surface area contributed by atoms with E-state index in [1.807, 2.05) is 66.7 Å². The lowest BCUT2D eigenvalue weighted by Crippen LogP contribution is -2.03. The monoisotopic (exact) mass is 1080 g/mol. The molecule has 354 valence electrons. The van der Waals surface area contributed by atoms with E-state index in [9.17, 15) is 0 Å². The number of rotatable bonds is 17. The van der Waals surface area contributed by atoms with Crippen LogP contribution in [0.4, 0.5) is 0 Å². The Labute approximate surface area is 409 Å². The van der Waals surface area contributed by atoms with E-state index in [0.29, 0.717) is 34.5 Å². The fraction of sp³-hybridized carbons (Fsp3) is 0.286. The lowest BCUT2D eigenvalue weighted by atomic mass is 10.3. The number of methoxy groups -OCH3 is 12. The zero-order valence-electron chi connectivity index (χ0n) is 37.3. The first-order valence-corrected chi connectivity index (χ1v) is 28.1. The van der Waals surface area contributed by atoms with Gasteiger partial charge in [-0.1, -0.05) is 62.3 Å². The summed E-state index contributed by atoms with van der Waals surface area (Å²) in [7, 11) is 20.1. The van der Waals surface area contributed by atoms with Crippen molar-refractivity contribution in [3.05, 3.63) is 78.9 Å². The third kappa shape index (κ3) is 18.9. The minimum Gasteiger partial charge on any atom is -0.497 e. The normalized spacial score (nSPS) is 10.6. The highest BCUT2D eigenvalue weighted by molar-refractivity contribution is 7.76. The SMILES string of the molecule is COc1cc(OC)c(OC)c(PCl)c1.COc1cc(OC)c(OC)c(PCl)c1.COc1ccc(OC)c(PCl)c1.COc1ccc(OC)c(PCl)c1.COc1cccc(PCl)c1OC. The van der Waals surface area contributed by atoms with Crippen LogP contribution in [0.15, 0.2) is 78.9 Å². The van der Waals surface area contributed by atoms with Crippen molar-refractivity contribution in [2.45, 2.75) is 0 Å². The molecular formula is C42H54Cl5O12P5. The molecule has 0 aliphatic rings. The molecule has 0 bridgehead atoms. The number of halogens is 5. The lowest BCUT2D eigenvalue weighted by molar-refractivity contribution is 0.351. The van der Waals surface area contributed by atoms with E-state index in [1.165, 1.54) is 0 Å². The van der Waals surface area contributed by atoms with Crippen LogP contribution in [0.5, 0.6) is 69.0 Å². The molecule has 0 spiro atoms. The summed E-state index contributed by atoms with van der Waals surface area (Å²) in [5.41, 5.74) is 0. The van der Waals surface area contributed by atoms with Crippen LogP contribution >= 0.6 is 95.9 Å². The smallest absolute Gasteiger partial charge is 0.169 e. The van der Waals surface area contributed by atoms with Crippen molar-refractivity contribution in [2.24, 2.45) is 0 Å². The van der Waals surface area contributed by atoms with Gasteiger partial charge in [0.2, 0.25) is 0 Å². The summed E-state index contributed by atoms with van der Waals surface area (Å²) < 4.78 is 61.5. The quantitative estimate of drug-likeness (QED) is 0.0827. The molecule has 22 heteroatoms. The highest BCUT2D eigenvalue weighted by Crippen LogP contribution is 2.37. The topological polar surface area (TPSA) is 111 Å². The average molecular weight is 1080 g/mol. The van der Waals surface area contributed by atoms with Gasteiger partial charge in [-0.05, 0) is 60.7 Å². The van der Waals surface area contributed by atoms with Crippen LogP contribution in [0.25, 0.3) is 0 Å². The Morgan fingerprint density at radius 2 is 0.578 bits per heavy atom. The largest absolute Gasteiger partial charge is 0.497 e. The van der Waals surface area contributed by atoms with Crippen molar-refractivity contribution in [3.8, 4) is 69.0 Å². The number of benzene rings is 5.